The Balaban J connectivity index is 2.56. The molecule has 0 aliphatic carbocycles. The van der Waals surface area contributed by atoms with E-state index in [1.54, 1.807) is 24.3 Å². The minimum absolute atomic E-state index is 0.0301. The van der Waals surface area contributed by atoms with Crippen molar-refractivity contribution in [3.8, 4) is 6.07 Å². The van der Waals surface area contributed by atoms with Gasteiger partial charge < -0.3 is 10.4 Å². The van der Waals surface area contributed by atoms with Crippen molar-refractivity contribution in [2.24, 2.45) is 0 Å². The Bertz CT molecular complexity index is 449. The lowest BCUT2D eigenvalue weighted by molar-refractivity contribution is -0.117. The van der Waals surface area contributed by atoms with Crippen molar-refractivity contribution in [1.82, 2.24) is 4.90 Å². The molecule has 0 atom stereocenters. The molecule has 19 heavy (non-hydrogen) atoms. The second-order valence-corrected chi connectivity index (χ2v) is 4.53. The number of rotatable bonds is 6. The first-order valence-electron chi connectivity index (χ1n) is 6.21. The van der Waals surface area contributed by atoms with E-state index in [-0.39, 0.29) is 25.1 Å². The van der Waals surface area contributed by atoms with Crippen LogP contribution in [0, 0.1) is 11.3 Å². The van der Waals surface area contributed by atoms with Crippen LogP contribution in [0.1, 0.15) is 19.4 Å². The first-order valence-corrected chi connectivity index (χ1v) is 6.21. The maximum Gasteiger partial charge on any atom is 0.238 e. The number of amides is 1. The molecule has 1 aromatic carbocycles. The smallest absolute Gasteiger partial charge is 0.238 e. The Labute approximate surface area is 113 Å². The van der Waals surface area contributed by atoms with Crippen molar-refractivity contribution in [2.75, 3.05) is 25.0 Å². The van der Waals surface area contributed by atoms with Gasteiger partial charge in [0.1, 0.15) is 0 Å². The number of aliphatic hydroxyl groups is 1. The van der Waals surface area contributed by atoms with Crippen molar-refractivity contribution < 1.29 is 9.90 Å². The lowest BCUT2D eigenvalue weighted by Gasteiger charge is -2.24. The highest BCUT2D eigenvalue weighted by Gasteiger charge is 2.13. The monoisotopic (exact) mass is 261 g/mol. The molecule has 1 amide bonds. The fourth-order valence-corrected chi connectivity index (χ4v) is 1.66. The summed E-state index contributed by atoms with van der Waals surface area (Å²) in [5.74, 6) is -0.133. The Morgan fingerprint density at radius 1 is 1.42 bits per heavy atom. The fraction of sp³-hybridized carbons (Fsp3) is 0.429. The van der Waals surface area contributed by atoms with Crippen molar-refractivity contribution in [2.45, 2.75) is 19.9 Å². The van der Waals surface area contributed by atoms with Gasteiger partial charge in [0.2, 0.25) is 5.91 Å². The minimum atomic E-state index is -0.133. The summed E-state index contributed by atoms with van der Waals surface area (Å²) in [7, 11) is 0. The predicted octanol–water partition coefficient (Wildman–Crippen LogP) is 1.20. The Hall–Kier alpha value is -1.90. The van der Waals surface area contributed by atoms with Gasteiger partial charge in [-0.1, -0.05) is 0 Å². The van der Waals surface area contributed by atoms with Gasteiger partial charge in [-0.25, -0.2) is 0 Å². The highest BCUT2D eigenvalue weighted by Crippen LogP contribution is 2.09. The summed E-state index contributed by atoms with van der Waals surface area (Å²) < 4.78 is 0. The van der Waals surface area contributed by atoms with E-state index in [0.29, 0.717) is 17.8 Å². The Kier molecular flexibility index (Phi) is 6.00. The number of anilines is 1. The van der Waals surface area contributed by atoms with E-state index in [1.807, 2.05) is 24.8 Å². The van der Waals surface area contributed by atoms with E-state index in [1.165, 1.54) is 0 Å². The molecule has 1 aromatic rings. The van der Waals surface area contributed by atoms with Crippen LogP contribution in [0.5, 0.6) is 0 Å². The van der Waals surface area contributed by atoms with Gasteiger partial charge in [0.15, 0.2) is 0 Å². The zero-order valence-corrected chi connectivity index (χ0v) is 11.3. The average molecular weight is 261 g/mol. The van der Waals surface area contributed by atoms with Crippen LogP contribution >= 0.6 is 0 Å². The van der Waals surface area contributed by atoms with Gasteiger partial charge in [-0.3, -0.25) is 9.69 Å². The molecule has 0 bridgehead atoms. The lowest BCUT2D eigenvalue weighted by Crippen LogP contribution is -2.39. The third-order valence-corrected chi connectivity index (χ3v) is 2.76. The van der Waals surface area contributed by atoms with Crippen LogP contribution in [0.15, 0.2) is 24.3 Å². The predicted molar refractivity (Wildman–Crippen MR) is 73.6 cm³/mol. The molecule has 0 unspecified atom stereocenters. The van der Waals surface area contributed by atoms with Gasteiger partial charge >= 0.3 is 0 Å². The van der Waals surface area contributed by atoms with E-state index in [0.717, 1.165) is 0 Å². The lowest BCUT2D eigenvalue weighted by atomic mass is 10.2. The molecule has 1 rings (SSSR count). The molecule has 2 N–H and O–H groups in total. The molecule has 5 nitrogen and oxygen atoms in total. The molecule has 0 saturated carbocycles. The van der Waals surface area contributed by atoms with Crippen molar-refractivity contribution in [3.63, 3.8) is 0 Å². The molecule has 102 valence electrons. The molecule has 0 aromatic heterocycles. The zero-order chi connectivity index (χ0) is 14.3. The standard InChI is InChI=1S/C14H19N3O2/c1-11(2)17(7-8-18)10-14(19)16-13-5-3-12(9-15)4-6-13/h3-6,11,18H,7-8,10H2,1-2H3,(H,16,19). The summed E-state index contributed by atoms with van der Waals surface area (Å²) >= 11 is 0. The number of carbonyl (C=O) groups excluding carboxylic acids is 1. The third-order valence-electron chi connectivity index (χ3n) is 2.76. The molecule has 0 aliphatic heterocycles. The van der Waals surface area contributed by atoms with Crippen LogP contribution < -0.4 is 5.32 Å². The second-order valence-electron chi connectivity index (χ2n) is 4.53. The van der Waals surface area contributed by atoms with Crippen LogP contribution in [0.25, 0.3) is 0 Å². The summed E-state index contributed by atoms with van der Waals surface area (Å²) in [6, 6.07) is 8.92. The summed E-state index contributed by atoms with van der Waals surface area (Å²) in [6.45, 7) is 4.69. The van der Waals surface area contributed by atoms with E-state index in [2.05, 4.69) is 5.32 Å². The van der Waals surface area contributed by atoms with Gasteiger partial charge in [-0.2, -0.15) is 5.26 Å². The second kappa shape index (κ2) is 7.52. The first kappa shape index (κ1) is 15.2. The molecule has 0 fully saturated rings. The SMILES string of the molecule is CC(C)N(CCO)CC(=O)Nc1ccc(C#N)cc1. The van der Waals surface area contributed by atoms with Crippen LogP contribution in [-0.2, 0) is 4.79 Å². The van der Waals surface area contributed by atoms with Crippen molar-refractivity contribution >= 4 is 11.6 Å². The van der Waals surface area contributed by atoms with Gasteiger partial charge in [0, 0.05) is 18.3 Å². The Morgan fingerprint density at radius 3 is 2.53 bits per heavy atom. The third kappa shape index (κ3) is 5.08. The first-order chi connectivity index (χ1) is 9.06. The summed E-state index contributed by atoms with van der Waals surface area (Å²) in [4.78, 5) is 13.7. The number of nitrogens with one attached hydrogen (secondary N) is 1. The molecule has 5 heteroatoms. The van der Waals surface area contributed by atoms with Crippen LogP contribution in [0.2, 0.25) is 0 Å². The largest absolute Gasteiger partial charge is 0.395 e. The minimum Gasteiger partial charge on any atom is -0.395 e. The zero-order valence-electron chi connectivity index (χ0n) is 11.3. The molecule has 0 aliphatic rings. The van der Waals surface area contributed by atoms with Crippen LogP contribution in [-0.4, -0.2) is 41.7 Å². The number of hydrogen-bond donors (Lipinski definition) is 2. The van der Waals surface area contributed by atoms with Crippen molar-refractivity contribution in [1.29, 1.82) is 5.26 Å². The average Bonchev–Trinajstić information content (AvgIpc) is 2.39. The number of carbonyl (C=O) groups is 1. The van der Waals surface area contributed by atoms with Crippen LogP contribution in [0.3, 0.4) is 0 Å². The topological polar surface area (TPSA) is 76.4 Å². The molecular formula is C14H19N3O2. The van der Waals surface area contributed by atoms with Gasteiger partial charge in [-0.15, -0.1) is 0 Å². The van der Waals surface area contributed by atoms with E-state index >= 15 is 0 Å². The highest BCUT2D eigenvalue weighted by molar-refractivity contribution is 5.92. The number of benzene rings is 1. The maximum absolute atomic E-state index is 11.9. The van der Waals surface area contributed by atoms with Gasteiger partial charge in [0.05, 0.1) is 24.8 Å². The fourth-order valence-electron chi connectivity index (χ4n) is 1.66. The Morgan fingerprint density at radius 2 is 2.05 bits per heavy atom. The summed E-state index contributed by atoms with van der Waals surface area (Å²) in [6.07, 6.45) is 0. The van der Waals surface area contributed by atoms with Gasteiger partial charge in [-0.05, 0) is 38.1 Å². The van der Waals surface area contributed by atoms with Gasteiger partial charge in [0.25, 0.3) is 0 Å². The normalized spacial score (nSPS) is 10.5. The van der Waals surface area contributed by atoms with E-state index in [9.17, 15) is 4.79 Å². The number of nitriles is 1. The molecule has 0 saturated heterocycles. The summed E-state index contributed by atoms with van der Waals surface area (Å²) in [5, 5.41) is 20.4. The van der Waals surface area contributed by atoms with Crippen molar-refractivity contribution in [3.05, 3.63) is 29.8 Å². The van der Waals surface area contributed by atoms with E-state index in [4.69, 9.17) is 10.4 Å². The number of nitrogens with zero attached hydrogens (tertiary/aromatic N) is 2. The summed E-state index contributed by atoms with van der Waals surface area (Å²) in [5.41, 5.74) is 1.22. The van der Waals surface area contributed by atoms with E-state index < -0.39 is 0 Å². The molecule has 0 heterocycles. The molecular weight excluding hydrogens is 242 g/mol. The molecule has 0 radical (unpaired) electrons. The maximum atomic E-state index is 11.9. The quantitative estimate of drug-likeness (QED) is 0.806. The number of aliphatic hydroxyl groups excluding tert-OH is 1. The number of hydrogen-bond acceptors (Lipinski definition) is 4. The van der Waals surface area contributed by atoms with Crippen LogP contribution in [0.4, 0.5) is 5.69 Å². The highest BCUT2D eigenvalue weighted by atomic mass is 16.3. The molecule has 0 spiro atoms.